The Morgan fingerprint density at radius 3 is 2.03 bits per heavy atom. The summed E-state index contributed by atoms with van der Waals surface area (Å²) < 4.78 is 15.8. The third-order valence-electron chi connectivity index (χ3n) is 6.77. The fourth-order valence-electron chi connectivity index (χ4n) is 5.10. The molecule has 2 atom stereocenters. The van der Waals surface area contributed by atoms with Crippen LogP contribution in [0.4, 0.5) is 5.69 Å². The van der Waals surface area contributed by atoms with E-state index in [1.165, 1.54) is 0 Å². The Hall–Kier alpha value is -3.26. The Balaban J connectivity index is 1.36. The summed E-state index contributed by atoms with van der Waals surface area (Å²) in [6.07, 6.45) is 4.88. The summed E-state index contributed by atoms with van der Waals surface area (Å²) in [5.74, 6) is 1.76. The van der Waals surface area contributed by atoms with Crippen LogP contribution in [0.15, 0.2) is 42.5 Å². The Kier molecular flexibility index (Phi) is 7.57. The van der Waals surface area contributed by atoms with E-state index in [1.807, 2.05) is 24.3 Å². The van der Waals surface area contributed by atoms with Gasteiger partial charge in [0.15, 0.2) is 0 Å². The average molecular weight is 468 g/mol. The molecule has 182 valence electrons. The summed E-state index contributed by atoms with van der Waals surface area (Å²) in [4.78, 5) is 28.0. The number of nitrogens with one attached hydrogen (secondary N) is 2. The lowest BCUT2D eigenvalue weighted by atomic mass is 9.81. The predicted molar refractivity (Wildman–Crippen MR) is 130 cm³/mol. The maximum atomic E-state index is 13.0. The second-order valence-electron chi connectivity index (χ2n) is 8.93. The Morgan fingerprint density at radius 2 is 1.47 bits per heavy atom. The van der Waals surface area contributed by atoms with E-state index >= 15 is 0 Å². The van der Waals surface area contributed by atoms with Gasteiger partial charge in [0.25, 0.3) is 5.91 Å². The standard InChI is InChI=1S/C26H33N3O5/c1-32-22-9-7-18(8-10-22)27-25(30)16-29-20-5-4-6-21(29)14-19(13-20)28-26(31)17-11-23(33-2)15-24(12-17)34-3/h7-12,15,19-21H,4-6,13-14,16H2,1-3H3,(H,27,30)(H,28,31). The summed E-state index contributed by atoms with van der Waals surface area (Å²) in [7, 11) is 4.75. The van der Waals surface area contributed by atoms with Crippen molar-refractivity contribution in [2.24, 2.45) is 0 Å². The number of anilines is 1. The predicted octanol–water partition coefficient (Wildman–Crippen LogP) is 3.47. The Bertz CT molecular complexity index is 974. The van der Waals surface area contributed by atoms with Crippen molar-refractivity contribution in [3.63, 3.8) is 0 Å². The van der Waals surface area contributed by atoms with Crippen LogP contribution in [0.3, 0.4) is 0 Å². The fraction of sp³-hybridized carbons (Fsp3) is 0.462. The van der Waals surface area contributed by atoms with E-state index < -0.39 is 0 Å². The van der Waals surface area contributed by atoms with Gasteiger partial charge in [-0.2, -0.15) is 0 Å². The first kappa shape index (κ1) is 23.9. The van der Waals surface area contributed by atoms with E-state index in [1.54, 1.807) is 39.5 Å². The van der Waals surface area contributed by atoms with Crippen LogP contribution in [0.5, 0.6) is 17.2 Å². The minimum Gasteiger partial charge on any atom is -0.497 e. The molecule has 2 N–H and O–H groups in total. The van der Waals surface area contributed by atoms with Crippen LogP contribution in [-0.4, -0.2) is 62.7 Å². The molecule has 2 fully saturated rings. The zero-order chi connectivity index (χ0) is 24.1. The highest BCUT2D eigenvalue weighted by Gasteiger charge is 2.39. The van der Waals surface area contributed by atoms with Crippen molar-refractivity contribution in [3.05, 3.63) is 48.0 Å². The minimum atomic E-state index is -0.133. The van der Waals surface area contributed by atoms with Crippen molar-refractivity contribution >= 4 is 17.5 Å². The number of amides is 2. The first-order valence-electron chi connectivity index (χ1n) is 11.7. The van der Waals surface area contributed by atoms with Crippen LogP contribution in [0.25, 0.3) is 0 Å². The molecular weight excluding hydrogens is 434 g/mol. The molecule has 0 aromatic heterocycles. The van der Waals surface area contributed by atoms with Crippen LogP contribution < -0.4 is 24.8 Å². The number of piperidine rings is 2. The van der Waals surface area contributed by atoms with E-state index in [4.69, 9.17) is 14.2 Å². The number of carbonyl (C=O) groups excluding carboxylic acids is 2. The largest absolute Gasteiger partial charge is 0.497 e. The zero-order valence-corrected chi connectivity index (χ0v) is 20.0. The van der Waals surface area contributed by atoms with Crippen molar-refractivity contribution in [2.45, 2.75) is 50.2 Å². The molecule has 2 aromatic carbocycles. The van der Waals surface area contributed by atoms with Crippen LogP contribution in [-0.2, 0) is 4.79 Å². The van der Waals surface area contributed by atoms with Crippen LogP contribution >= 0.6 is 0 Å². The molecule has 0 aliphatic carbocycles. The number of hydrogen-bond donors (Lipinski definition) is 2. The number of carbonyl (C=O) groups is 2. The van der Waals surface area contributed by atoms with Crippen molar-refractivity contribution in [2.75, 3.05) is 33.2 Å². The third kappa shape index (κ3) is 5.62. The Labute approximate surface area is 200 Å². The second-order valence-corrected chi connectivity index (χ2v) is 8.93. The van der Waals surface area contributed by atoms with Gasteiger partial charge in [-0.25, -0.2) is 0 Å². The number of hydrogen-bond acceptors (Lipinski definition) is 6. The third-order valence-corrected chi connectivity index (χ3v) is 6.77. The molecule has 8 nitrogen and oxygen atoms in total. The second kappa shape index (κ2) is 10.8. The fourth-order valence-corrected chi connectivity index (χ4v) is 5.10. The number of fused-ring (bicyclic) bond motifs is 2. The van der Waals surface area contributed by atoms with Crippen LogP contribution in [0.1, 0.15) is 42.5 Å². The van der Waals surface area contributed by atoms with E-state index in [0.29, 0.717) is 23.6 Å². The van der Waals surface area contributed by atoms with Gasteiger partial charge in [0.05, 0.1) is 27.9 Å². The van der Waals surface area contributed by atoms with E-state index in [0.717, 1.165) is 43.5 Å². The number of methoxy groups -OCH3 is 3. The smallest absolute Gasteiger partial charge is 0.251 e. The van der Waals surface area contributed by atoms with Gasteiger partial charge in [-0.3, -0.25) is 14.5 Å². The van der Waals surface area contributed by atoms with Gasteiger partial charge in [0.2, 0.25) is 5.91 Å². The molecule has 34 heavy (non-hydrogen) atoms. The number of rotatable bonds is 8. The number of benzene rings is 2. The van der Waals surface area contributed by atoms with Gasteiger partial charge in [-0.05, 0) is 62.1 Å². The van der Waals surface area contributed by atoms with Gasteiger partial charge in [-0.15, -0.1) is 0 Å². The lowest BCUT2D eigenvalue weighted by Crippen LogP contribution is -2.58. The van der Waals surface area contributed by atoms with Crippen molar-refractivity contribution < 1.29 is 23.8 Å². The molecule has 2 aliphatic rings. The van der Waals surface area contributed by atoms with Crippen LogP contribution in [0, 0.1) is 0 Å². The summed E-state index contributed by atoms with van der Waals surface area (Å²) in [5, 5.41) is 6.19. The summed E-state index contributed by atoms with van der Waals surface area (Å²) in [6.45, 7) is 0.356. The van der Waals surface area contributed by atoms with E-state index in [2.05, 4.69) is 15.5 Å². The molecule has 0 saturated carbocycles. The number of nitrogens with zero attached hydrogens (tertiary/aromatic N) is 1. The molecule has 2 aliphatic heterocycles. The molecule has 0 radical (unpaired) electrons. The quantitative estimate of drug-likeness (QED) is 0.618. The van der Waals surface area contributed by atoms with Gasteiger partial charge >= 0.3 is 0 Å². The van der Waals surface area contributed by atoms with E-state index in [-0.39, 0.29) is 29.9 Å². The molecule has 8 heteroatoms. The topological polar surface area (TPSA) is 89.1 Å². The highest BCUT2D eigenvalue weighted by molar-refractivity contribution is 5.95. The maximum Gasteiger partial charge on any atom is 0.251 e. The number of ether oxygens (including phenoxy) is 3. The monoisotopic (exact) mass is 467 g/mol. The van der Waals surface area contributed by atoms with Crippen molar-refractivity contribution in [1.82, 2.24) is 10.2 Å². The molecule has 4 rings (SSSR count). The summed E-state index contributed by atoms with van der Waals surface area (Å²) >= 11 is 0. The first-order valence-corrected chi connectivity index (χ1v) is 11.7. The summed E-state index contributed by atoms with van der Waals surface area (Å²) in [5.41, 5.74) is 1.27. The molecular formula is C26H33N3O5. The maximum absolute atomic E-state index is 13.0. The zero-order valence-electron chi connectivity index (χ0n) is 20.0. The van der Waals surface area contributed by atoms with E-state index in [9.17, 15) is 9.59 Å². The van der Waals surface area contributed by atoms with Gasteiger partial charge < -0.3 is 24.8 Å². The SMILES string of the molecule is COc1ccc(NC(=O)CN2C3CCCC2CC(NC(=O)c2cc(OC)cc(OC)c2)C3)cc1. The lowest BCUT2D eigenvalue weighted by Gasteiger charge is -2.48. The molecule has 2 heterocycles. The molecule has 2 aromatic rings. The first-order chi connectivity index (χ1) is 16.5. The molecule has 0 spiro atoms. The van der Waals surface area contributed by atoms with Gasteiger partial charge in [0, 0.05) is 35.4 Å². The highest BCUT2D eigenvalue weighted by Crippen LogP contribution is 2.34. The molecule has 2 saturated heterocycles. The highest BCUT2D eigenvalue weighted by atomic mass is 16.5. The van der Waals surface area contributed by atoms with Crippen molar-refractivity contribution in [1.29, 1.82) is 0 Å². The van der Waals surface area contributed by atoms with Gasteiger partial charge in [-0.1, -0.05) is 6.42 Å². The van der Waals surface area contributed by atoms with Crippen molar-refractivity contribution in [3.8, 4) is 17.2 Å². The summed E-state index contributed by atoms with van der Waals surface area (Å²) in [6, 6.07) is 13.2. The molecule has 2 bridgehead atoms. The average Bonchev–Trinajstić information content (AvgIpc) is 2.84. The molecule has 2 amide bonds. The molecule has 2 unspecified atom stereocenters. The normalized spacial score (nSPS) is 21.9. The Morgan fingerprint density at radius 1 is 0.882 bits per heavy atom. The van der Waals surface area contributed by atoms with Gasteiger partial charge in [0.1, 0.15) is 17.2 Å². The lowest BCUT2D eigenvalue weighted by molar-refractivity contribution is -0.120. The van der Waals surface area contributed by atoms with Crippen LogP contribution in [0.2, 0.25) is 0 Å². The minimum absolute atomic E-state index is 0.0203.